The molecule has 1 saturated heterocycles. The minimum absolute atomic E-state index is 0.0131. The minimum atomic E-state index is -0.569. The van der Waals surface area contributed by atoms with Crippen LogP contribution >= 0.6 is 22.9 Å². The number of nitrogens with one attached hydrogen (secondary N) is 1. The van der Waals surface area contributed by atoms with Crippen molar-refractivity contribution in [3.8, 4) is 0 Å². The Labute approximate surface area is 236 Å². The van der Waals surface area contributed by atoms with E-state index in [2.05, 4.69) is 10.2 Å². The summed E-state index contributed by atoms with van der Waals surface area (Å²) in [4.78, 5) is 30.7. The fourth-order valence-electron chi connectivity index (χ4n) is 5.18. The third kappa shape index (κ3) is 6.26. The molecule has 2 atom stereocenters. The first kappa shape index (κ1) is 27.6. The molecule has 5 rings (SSSR count). The number of carbonyl (C=O) groups excluding carboxylic acids is 1. The van der Waals surface area contributed by atoms with Crippen LogP contribution < -0.4 is 10.7 Å². The lowest BCUT2D eigenvalue weighted by Crippen LogP contribution is -2.33. The highest BCUT2D eigenvalue weighted by Crippen LogP contribution is 2.33. The van der Waals surface area contributed by atoms with Crippen LogP contribution in [0.2, 0.25) is 5.02 Å². The number of aromatic nitrogens is 1. The van der Waals surface area contributed by atoms with Crippen molar-refractivity contribution >= 4 is 39.1 Å². The highest BCUT2D eigenvalue weighted by Gasteiger charge is 2.32. The number of nitrogens with zero attached hydrogens (tertiary/aromatic N) is 2. The maximum atomic E-state index is 13.5. The summed E-state index contributed by atoms with van der Waals surface area (Å²) in [5, 5.41) is 15.1. The van der Waals surface area contributed by atoms with E-state index in [0.29, 0.717) is 36.7 Å². The summed E-state index contributed by atoms with van der Waals surface area (Å²) >= 11 is 7.51. The maximum absolute atomic E-state index is 13.5. The van der Waals surface area contributed by atoms with Gasteiger partial charge in [0.2, 0.25) is 5.43 Å². The first-order valence-corrected chi connectivity index (χ1v) is 14.3. The Balaban J connectivity index is 1.40. The minimum Gasteiger partial charge on any atom is -0.387 e. The third-order valence-electron chi connectivity index (χ3n) is 7.22. The highest BCUT2D eigenvalue weighted by atomic mass is 35.5. The smallest absolute Gasteiger partial charge is 0.257 e. The number of rotatable bonds is 10. The van der Waals surface area contributed by atoms with Gasteiger partial charge in [-0.3, -0.25) is 14.5 Å². The molecule has 1 aliphatic heterocycles. The van der Waals surface area contributed by atoms with Crippen molar-refractivity contribution in [2.24, 2.45) is 0 Å². The molecular formula is C30H32ClN3O4S. The SMILES string of the molecule is COCCn1cc(C(=O)NCc2ccc(Cl)cc2)c(=O)c2cc(CN3CCCC3[C@@H](O)c3ccccc3)sc21. The lowest BCUT2D eigenvalue weighted by atomic mass is 10.0. The van der Waals surface area contributed by atoms with E-state index in [-0.39, 0.29) is 17.0 Å². The molecule has 39 heavy (non-hydrogen) atoms. The van der Waals surface area contributed by atoms with Crippen LogP contribution in [-0.4, -0.2) is 46.8 Å². The molecule has 2 aromatic carbocycles. The van der Waals surface area contributed by atoms with Gasteiger partial charge in [0.05, 0.1) is 18.1 Å². The molecule has 0 spiro atoms. The molecular weight excluding hydrogens is 534 g/mol. The zero-order valence-corrected chi connectivity index (χ0v) is 23.4. The van der Waals surface area contributed by atoms with Crippen LogP contribution in [0, 0.1) is 0 Å². The summed E-state index contributed by atoms with van der Waals surface area (Å²) in [6.07, 6.45) is 3.00. The van der Waals surface area contributed by atoms with E-state index in [9.17, 15) is 14.7 Å². The van der Waals surface area contributed by atoms with Crippen LogP contribution in [0.1, 0.15) is 45.3 Å². The maximum Gasteiger partial charge on any atom is 0.257 e. The van der Waals surface area contributed by atoms with Crippen molar-refractivity contribution < 1.29 is 14.6 Å². The number of halogens is 1. The van der Waals surface area contributed by atoms with Crippen LogP contribution in [0.3, 0.4) is 0 Å². The molecule has 1 unspecified atom stereocenters. The number of amides is 1. The average molecular weight is 566 g/mol. The molecule has 7 nitrogen and oxygen atoms in total. The van der Waals surface area contributed by atoms with Gasteiger partial charge in [-0.05, 0) is 48.7 Å². The lowest BCUT2D eigenvalue weighted by Gasteiger charge is -2.28. The van der Waals surface area contributed by atoms with Crippen LogP contribution in [0.5, 0.6) is 0 Å². The standard InChI is InChI=1S/C30H32ClN3O4S/c1-38-15-14-34-19-25(29(37)32-17-20-9-11-22(31)12-10-20)28(36)24-16-23(39-30(24)34)18-33-13-5-8-26(33)27(35)21-6-3-2-4-7-21/h2-4,6-7,9-12,16,19,26-27,35H,5,8,13-15,17-18H2,1H3,(H,32,37)/t26?,27-/m0/s1. The number of aliphatic hydroxyl groups is 1. The van der Waals surface area contributed by atoms with Crippen molar-refractivity contribution in [3.05, 3.63) is 104 Å². The zero-order chi connectivity index (χ0) is 27.4. The van der Waals surface area contributed by atoms with Gasteiger partial charge in [-0.25, -0.2) is 0 Å². The van der Waals surface area contributed by atoms with E-state index in [1.807, 2.05) is 53.1 Å². The Hall–Kier alpha value is -3.01. The highest BCUT2D eigenvalue weighted by molar-refractivity contribution is 7.18. The molecule has 1 aliphatic rings. The van der Waals surface area contributed by atoms with Crippen molar-refractivity contribution in [1.82, 2.24) is 14.8 Å². The Bertz CT molecular complexity index is 1490. The number of benzene rings is 2. The van der Waals surface area contributed by atoms with E-state index in [4.69, 9.17) is 16.3 Å². The Morgan fingerprint density at radius 1 is 1.21 bits per heavy atom. The third-order valence-corrected chi connectivity index (χ3v) is 8.63. The summed E-state index contributed by atoms with van der Waals surface area (Å²) in [5.74, 6) is -0.415. The van der Waals surface area contributed by atoms with Gasteiger partial charge in [-0.1, -0.05) is 54.1 Å². The van der Waals surface area contributed by atoms with E-state index in [0.717, 1.165) is 40.2 Å². The van der Waals surface area contributed by atoms with Crippen LogP contribution in [0.4, 0.5) is 0 Å². The van der Waals surface area contributed by atoms with Crippen LogP contribution in [0.15, 0.2) is 71.7 Å². The molecule has 0 radical (unpaired) electrons. The summed E-state index contributed by atoms with van der Waals surface area (Å²) in [7, 11) is 1.63. The molecule has 0 bridgehead atoms. The molecule has 2 N–H and O–H groups in total. The quantitative estimate of drug-likeness (QED) is 0.283. The second-order valence-electron chi connectivity index (χ2n) is 9.83. The van der Waals surface area contributed by atoms with Gasteiger partial charge in [0.1, 0.15) is 10.4 Å². The van der Waals surface area contributed by atoms with E-state index in [1.54, 1.807) is 36.8 Å². The lowest BCUT2D eigenvalue weighted by molar-refractivity contribution is 0.0693. The number of carbonyl (C=O) groups is 1. The summed E-state index contributed by atoms with van der Waals surface area (Å²) < 4.78 is 7.23. The molecule has 1 fully saturated rings. The number of hydrogen-bond acceptors (Lipinski definition) is 6. The number of fused-ring (bicyclic) bond motifs is 1. The molecule has 4 aromatic rings. The van der Waals surface area contributed by atoms with E-state index < -0.39 is 12.0 Å². The average Bonchev–Trinajstić information content (AvgIpc) is 3.60. The van der Waals surface area contributed by atoms with E-state index in [1.165, 1.54) is 0 Å². The van der Waals surface area contributed by atoms with Gasteiger partial charge in [0.25, 0.3) is 5.91 Å². The van der Waals surface area contributed by atoms with Crippen molar-refractivity contribution in [3.63, 3.8) is 0 Å². The monoisotopic (exact) mass is 565 g/mol. The predicted molar refractivity (Wildman–Crippen MR) is 155 cm³/mol. The molecule has 2 aromatic heterocycles. The topological polar surface area (TPSA) is 83.8 Å². The summed E-state index contributed by atoms with van der Waals surface area (Å²) in [6.45, 7) is 2.78. The Kier molecular flexibility index (Phi) is 8.79. The predicted octanol–water partition coefficient (Wildman–Crippen LogP) is 4.99. The first-order valence-electron chi connectivity index (χ1n) is 13.1. The number of thiophene rings is 1. The van der Waals surface area contributed by atoms with Gasteiger partial charge >= 0.3 is 0 Å². The largest absolute Gasteiger partial charge is 0.387 e. The molecule has 0 saturated carbocycles. The van der Waals surface area contributed by atoms with Gasteiger partial charge < -0.3 is 19.7 Å². The summed E-state index contributed by atoms with van der Waals surface area (Å²) in [6, 6.07) is 18.9. The Morgan fingerprint density at radius 3 is 2.72 bits per heavy atom. The fourth-order valence-corrected chi connectivity index (χ4v) is 6.48. The van der Waals surface area contributed by atoms with Crippen molar-refractivity contribution in [1.29, 1.82) is 0 Å². The normalized spacial score (nSPS) is 16.5. The number of hydrogen-bond donors (Lipinski definition) is 2. The first-order chi connectivity index (χ1) is 18.9. The second kappa shape index (κ2) is 12.4. The number of ether oxygens (including phenoxy) is 1. The van der Waals surface area contributed by atoms with Gasteiger partial charge in [-0.15, -0.1) is 11.3 Å². The van der Waals surface area contributed by atoms with Gasteiger partial charge in [0, 0.05) is 48.9 Å². The van der Waals surface area contributed by atoms with E-state index >= 15 is 0 Å². The number of pyridine rings is 1. The zero-order valence-electron chi connectivity index (χ0n) is 21.8. The number of likely N-dealkylation sites (tertiary alicyclic amines) is 1. The Morgan fingerprint density at radius 2 is 1.97 bits per heavy atom. The molecule has 204 valence electrons. The summed E-state index contributed by atoms with van der Waals surface area (Å²) in [5.41, 5.74) is 1.64. The number of aliphatic hydroxyl groups excluding tert-OH is 1. The fraction of sp³-hybridized carbons (Fsp3) is 0.333. The van der Waals surface area contributed by atoms with Crippen LogP contribution in [-0.2, 0) is 24.4 Å². The molecule has 3 heterocycles. The van der Waals surface area contributed by atoms with Crippen LogP contribution in [0.25, 0.3) is 10.2 Å². The van der Waals surface area contributed by atoms with Gasteiger partial charge in [0.15, 0.2) is 0 Å². The number of methoxy groups -OCH3 is 1. The molecule has 0 aliphatic carbocycles. The second-order valence-corrected chi connectivity index (χ2v) is 11.4. The molecule has 1 amide bonds. The van der Waals surface area contributed by atoms with Crippen molar-refractivity contribution in [2.45, 2.75) is 44.6 Å². The van der Waals surface area contributed by atoms with Crippen molar-refractivity contribution in [2.75, 3.05) is 20.3 Å². The van der Waals surface area contributed by atoms with Gasteiger partial charge in [-0.2, -0.15) is 0 Å². The molecule has 9 heteroatoms.